The molecule has 28 heavy (non-hydrogen) atoms. The molecule has 0 radical (unpaired) electrons. The number of hydrogen-bond donors (Lipinski definition) is 0. The van der Waals surface area contributed by atoms with Gasteiger partial charge >= 0.3 is 6.43 Å². The smallest absolute Gasteiger partial charge is 0.314 e. The Morgan fingerprint density at radius 3 is 2.75 bits per heavy atom. The van der Waals surface area contributed by atoms with Crippen molar-refractivity contribution in [3.8, 4) is 10.8 Å². The van der Waals surface area contributed by atoms with E-state index in [0.717, 1.165) is 23.4 Å². The van der Waals surface area contributed by atoms with Gasteiger partial charge in [-0.3, -0.25) is 4.98 Å². The van der Waals surface area contributed by atoms with Crippen LogP contribution in [0.5, 0.6) is 0 Å². The predicted octanol–water partition coefficient (Wildman–Crippen LogP) is 3.25. The van der Waals surface area contributed by atoms with Crippen LogP contribution in [0.4, 0.5) is 8.78 Å². The minimum atomic E-state index is -2.78. The minimum absolute atomic E-state index is 0.0749. The standard InChI is InChI=1S/C17H13F2N7OS/c18-13(19)15-22-21-14(27-15)11-5-4-10(28-11)9-26-24-16(23-25-26)17(6-7-17)12-3-1-2-8-20-12/h1-5,8,13H,6-7,9H2. The van der Waals surface area contributed by atoms with E-state index in [-0.39, 0.29) is 11.3 Å². The van der Waals surface area contributed by atoms with Gasteiger partial charge in [0.25, 0.3) is 11.8 Å². The van der Waals surface area contributed by atoms with Crippen molar-refractivity contribution < 1.29 is 13.2 Å². The summed E-state index contributed by atoms with van der Waals surface area (Å²) in [5.74, 6) is 0.0594. The summed E-state index contributed by atoms with van der Waals surface area (Å²) in [5.41, 5.74) is 0.717. The van der Waals surface area contributed by atoms with Crippen LogP contribution in [-0.4, -0.2) is 35.4 Å². The minimum Gasteiger partial charge on any atom is -0.414 e. The van der Waals surface area contributed by atoms with E-state index in [1.54, 1.807) is 12.3 Å². The highest BCUT2D eigenvalue weighted by molar-refractivity contribution is 7.15. The molecule has 0 aromatic carbocycles. The number of alkyl halides is 2. The van der Waals surface area contributed by atoms with E-state index in [2.05, 4.69) is 30.6 Å². The first kappa shape index (κ1) is 17.0. The van der Waals surface area contributed by atoms with Crippen LogP contribution < -0.4 is 0 Å². The van der Waals surface area contributed by atoms with Crippen molar-refractivity contribution in [1.82, 2.24) is 35.4 Å². The molecule has 4 aromatic heterocycles. The molecule has 0 atom stereocenters. The fourth-order valence-corrected chi connectivity index (χ4v) is 3.91. The summed E-state index contributed by atoms with van der Waals surface area (Å²) >= 11 is 1.35. The maximum Gasteiger partial charge on any atom is 0.314 e. The van der Waals surface area contributed by atoms with Gasteiger partial charge in [0.05, 0.1) is 22.5 Å². The van der Waals surface area contributed by atoms with E-state index in [1.807, 2.05) is 24.3 Å². The van der Waals surface area contributed by atoms with Crippen LogP contribution in [-0.2, 0) is 12.0 Å². The third-order valence-electron chi connectivity index (χ3n) is 4.58. The molecule has 0 saturated heterocycles. The van der Waals surface area contributed by atoms with Crippen LogP contribution >= 0.6 is 11.3 Å². The normalized spacial score (nSPS) is 15.2. The van der Waals surface area contributed by atoms with E-state index in [0.29, 0.717) is 17.2 Å². The van der Waals surface area contributed by atoms with Crippen LogP contribution in [0.3, 0.4) is 0 Å². The summed E-state index contributed by atoms with van der Waals surface area (Å²) in [5, 5.41) is 19.9. The van der Waals surface area contributed by atoms with Gasteiger partial charge in [0.2, 0.25) is 0 Å². The average molecular weight is 401 g/mol. The molecule has 5 rings (SSSR count). The van der Waals surface area contributed by atoms with Gasteiger partial charge in [-0.2, -0.15) is 13.6 Å². The molecule has 0 aliphatic heterocycles. The largest absolute Gasteiger partial charge is 0.414 e. The second-order valence-electron chi connectivity index (χ2n) is 6.45. The summed E-state index contributed by atoms with van der Waals surface area (Å²) in [6, 6.07) is 9.41. The van der Waals surface area contributed by atoms with Gasteiger partial charge in [-0.1, -0.05) is 6.07 Å². The Bertz CT molecular complexity index is 1100. The number of halogens is 2. The number of aromatic nitrogens is 7. The number of hydrogen-bond acceptors (Lipinski definition) is 8. The second kappa shape index (κ2) is 6.51. The maximum atomic E-state index is 12.6. The molecule has 1 fully saturated rings. The Morgan fingerprint density at radius 2 is 2.04 bits per heavy atom. The van der Waals surface area contributed by atoms with Crippen LogP contribution in [0.2, 0.25) is 0 Å². The number of pyridine rings is 1. The van der Waals surface area contributed by atoms with E-state index in [9.17, 15) is 8.78 Å². The maximum absolute atomic E-state index is 12.6. The van der Waals surface area contributed by atoms with E-state index >= 15 is 0 Å². The van der Waals surface area contributed by atoms with Crippen LogP contribution in [0.1, 0.15) is 41.6 Å². The van der Waals surface area contributed by atoms with Gasteiger partial charge in [-0.05, 0) is 42.3 Å². The number of rotatable bonds is 6. The first-order chi connectivity index (χ1) is 13.6. The van der Waals surface area contributed by atoms with Gasteiger partial charge in [0.15, 0.2) is 5.82 Å². The lowest BCUT2D eigenvalue weighted by Crippen LogP contribution is -2.13. The van der Waals surface area contributed by atoms with Crippen LogP contribution in [0.25, 0.3) is 10.8 Å². The molecule has 142 valence electrons. The molecule has 0 spiro atoms. The van der Waals surface area contributed by atoms with Crippen molar-refractivity contribution in [1.29, 1.82) is 0 Å². The molecule has 0 bridgehead atoms. The molecule has 4 aromatic rings. The molecule has 1 aliphatic carbocycles. The van der Waals surface area contributed by atoms with Crippen molar-refractivity contribution in [2.24, 2.45) is 0 Å². The summed E-state index contributed by atoms with van der Waals surface area (Å²) in [6.45, 7) is 0.409. The summed E-state index contributed by atoms with van der Waals surface area (Å²) in [7, 11) is 0. The highest BCUT2D eigenvalue weighted by Gasteiger charge is 2.51. The summed E-state index contributed by atoms with van der Waals surface area (Å²) < 4.78 is 30.2. The van der Waals surface area contributed by atoms with E-state index < -0.39 is 12.3 Å². The fraction of sp³-hybridized carbons (Fsp3) is 0.294. The van der Waals surface area contributed by atoms with Crippen molar-refractivity contribution >= 4 is 11.3 Å². The molecule has 8 nitrogen and oxygen atoms in total. The zero-order valence-electron chi connectivity index (χ0n) is 14.4. The summed E-state index contributed by atoms with van der Waals surface area (Å²) in [4.78, 5) is 7.49. The summed E-state index contributed by atoms with van der Waals surface area (Å²) in [6.07, 6.45) is 0.877. The number of tetrazole rings is 1. The lowest BCUT2D eigenvalue weighted by molar-refractivity contribution is 0.116. The molecule has 0 unspecified atom stereocenters. The van der Waals surface area contributed by atoms with Crippen molar-refractivity contribution in [2.45, 2.75) is 31.2 Å². The SMILES string of the molecule is FC(F)c1nnc(-c2ccc(Cn3nnc(C4(c5ccccn5)CC4)n3)s2)o1. The van der Waals surface area contributed by atoms with Gasteiger partial charge in [-0.15, -0.1) is 31.7 Å². The molecule has 1 aliphatic rings. The third-order valence-corrected chi connectivity index (χ3v) is 5.64. The Labute approximate surface area is 161 Å². The Balaban J connectivity index is 1.33. The lowest BCUT2D eigenvalue weighted by Gasteiger charge is -2.08. The first-order valence-corrected chi connectivity index (χ1v) is 9.36. The Morgan fingerprint density at radius 1 is 1.14 bits per heavy atom. The average Bonchev–Trinajstić information content (AvgIpc) is 3.11. The van der Waals surface area contributed by atoms with Crippen molar-refractivity contribution in [3.05, 3.63) is 58.8 Å². The van der Waals surface area contributed by atoms with Gasteiger partial charge in [0, 0.05) is 11.1 Å². The van der Waals surface area contributed by atoms with E-state index in [1.165, 1.54) is 16.1 Å². The fourth-order valence-electron chi connectivity index (χ4n) is 3.01. The van der Waals surface area contributed by atoms with Crippen LogP contribution in [0.15, 0.2) is 40.9 Å². The topological polar surface area (TPSA) is 95.4 Å². The zero-order valence-corrected chi connectivity index (χ0v) is 15.2. The van der Waals surface area contributed by atoms with Crippen LogP contribution in [0, 0.1) is 0 Å². The van der Waals surface area contributed by atoms with Gasteiger partial charge < -0.3 is 4.42 Å². The van der Waals surface area contributed by atoms with Crippen molar-refractivity contribution in [2.75, 3.05) is 0 Å². The monoisotopic (exact) mass is 401 g/mol. The van der Waals surface area contributed by atoms with Gasteiger partial charge in [0.1, 0.15) is 0 Å². The Hall–Kier alpha value is -3.08. The highest BCUT2D eigenvalue weighted by Crippen LogP contribution is 2.51. The van der Waals surface area contributed by atoms with Crippen molar-refractivity contribution in [3.63, 3.8) is 0 Å². The third kappa shape index (κ3) is 2.97. The second-order valence-corrected chi connectivity index (χ2v) is 7.62. The number of nitrogens with zero attached hydrogens (tertiary/aromatic N) is 7. The van der Waals surface area contributed by atoms with E-state index in [4.69, 9.17) is 4.42 Å². The highest BCUT2D eigenvalue weighted by atomic mass is 32.1. The molecule has 11 heteroatoms. The van der Waals surface area contributed by atoms with Gasteiger partial charge in [-0.25, -0.2) is 0 Å². The molecular formula is C17H13F2N7OS. The molecule has 4 heterocycles. The Kier molecular flexibility index (Phi) is 3.97. The molecular weight excluding hydrogens is 388 g/mol. The number of thiophene rings is 1. The molecule has 1 saturated carbocycles. The molecule has 0 amide bonds. The first-order valence-electron chi connectivity index (χ1n) is 8.54. The molecule has 0 N–H and O–H groups in total. The quantitative estimate of drug-likeness (QED) is 0.489. The lowest BCUT2D eigenvalue weighted by atomic mass is 10.0. The predicted molar refractivity (Wildman–Crippen MR) is 93.7 cm³/mol. The zero-order chi connectivity index (χ0) is 19.1.